The number of Topliss-reactive ketones (excluding diaryl/α,β-unsaturated/α-hetero) is 1. The molecule has 1 amide bonds. The lowest BCUT2D eigenvalue weighted by Gasteiger charge is -2.13. The van der Waals surface area contributed by atoms with E-state index in [1.165, 1.54) is 31.5 Å². The molecule has 0 fully saturated rings. The van der Waals surface area contributed by atoms with E-state index in [0.29, 0.717) is 28.0 Å². The van der Waals surface area contributed by atoms with Crippen LogP contribution in [0.4, 0.5) is 18.9 Å². The van der Waals surface area contributed by atoms with Crippen molar-refractivity contribution < 1.29 is 27.5 Å². The van der Waals surface area contributed by atoms with E-state index >= 15 is 0 Å². The number of rotatable bonds is 6. The summed E-state index contributed by atoms with van der Waals surface area (Å²) in [6.45, 7) is 1.77. The Bertz CT molecular complexity index is 1390. The van der Waals surface area contributed by atoms with Gasteiger partial charge in [0, 0.05) is 30.1 Å². The molecule has 9 heteroatoms. The number of halogens is 3. The summed E-state index contributed by atoms with van der Waals surface area (Å²) < 4.78 is 44.3. The zero-order chi connectivity index (χ0) is 24.5. The number of nitrogens with zero attached hydrogens (tertiary/aromatic N) is 1. The number of hydrogen-bond acceptors (Lipinski definition) is 4. The average Bonchev–Trinajstić information content (AvgIpc) is 3.28. The second kappa shape index (κ2) is 9.01. The fraction of sp³-hybridized carbons (Fsp3) is 0.160. The van der Waals surface area contributed by atoms with Crippen LogP contribution in [-0.2, 0) is 12.6 Å². The van der Waals surface area contributed by atoms with Crippen LogP contribution in [0.15, 0.2) is 60.9 Å². The molecule has 0 unspecified atom stereocenters. The molecule has 0 saturated carbocycles. The highest BCUT2D eigenvalue weighted by Crippen LogP contribution is 2.31. The van der Waals surface area contributed by atoms with Crippen molar-refractivity contribution in [1.82, 2.24) is 9.97 Å². The van der Waals surface area contributed by atoms with Crippen molar-refractivity contribution in [2.24, 2.45) is 0 Å². The number of fused-ring (bicyclic) bond motifs is 1. The maximum atomic E-state index is 13.0. The van der Waals surface area contributed by atoms with Crippen molar-refractivity contribution in [2.45, 2.75) is 19.5 Å². The third-order valence-electron chi connectivity index (χ3n) is 5.41. The number of aryl methyl sites for hydroxylation is 1. The minimum absolute atomic E-state index is 0.206. The Kier molecular flexibility index (Phi) is 6.10. The summed E-state index contributed by atoms with van der Waals surface area (Å²) >= 11 is 0. The number of amides is 1. The van der Waals surface area contributed by atoms with Crippen LogP contribution in [0.2, 0.25) is 0 Å². The van der Waals surface area contributed by atoms with E-state index < -0.39 is 17.6 Å². The molecule has 2 heterocycles. The van der Waals surface area contributed by atoms with E-state index in [1.54, 1.807) is 31.3 Å². The van der Waals surface area contributed by atoms with Crippen molar-refractivity contribution in [2.75, 3.05) is 12.4 Å². The van der Waals surface area contributed by atoms with Gasteiger partial charge in [-0.05, 0) is 36.2 Å². The summed E-state index contributed by atoms with van der Waals surface area (Å²) in [6, 6.07) is 11.2. The highest BCUT2D eigenvalue weighted by atomic mass is 19.4. The highest BCUT2D eigenvalue weighted by Gasteiger charge is 2.30. The van der Waals surface area contributed by atoms with Crippen LogP contribution in [0.1, 0.15) is 37.4 Å². The third kappa shape index (κ3) is 4.63. The van der Waals surface area contributed by atoms with Gasteiger partial charge in [-0.1, -0.05) is 30.3 Å². The van der Waals surface area contributed by atoms with Gasteiger partial charge in [0.05, 0.1) is 18.1 Å². The molecule has 2 aromatic carbocycles. The zero-order valence-corrected chi connectivity index (χ0v) is 18.3. The molecule has 6 nitrogen and oxygen atoms in total. The third-order valence-corrected chi connectivity index (χ3v) is 5.41. The van der Waals surface area contributed by atoms with Gasteiger partial charge in [-0.25, -0.2) is 4.98 Å². The van der Waals surface area contributed by atoms with Gasteiger partial charge in [-0.15, -0.1) is 0 Å². The molecule has 34 heavy (non-hydrogen) atoms. The number of carbonyl (C=O) groups is 2. The number of nitrogens with one attached hydrogen (secondary N) is 2. The molecule has 4 rings (SSSR count). The first-order chi connectivity index (χ1) is 16.2. The van der Waals surface area contributed by atoms with Gasteiger partial charge < -0.3 is 15.0 Å². The van der Waals surface area contributed by atoms with E-state index in [0.717, 1.165) is 12.1 Å². The first-order valence-electron chi connectivity index (χ1n) is 10.3. The Morgan fingerprint density at radius 1 is 1.12 bits per heavy atom. The largest absolute Gasteiger partial charge is 0.495 e. The maximum Gasteiger partial charge on any atom is 0.416 e. The molecular weight excluding hydrogens is 447 g/mol. The Balaban J connectivity index is 1.57. The minimum Gasteiger partial charge on any atom is -0.495 e. The van der Waals surface area contributed by atoms with E-state index in [1.807, 2.05) is 0 Å². The number of pyridine rings is 1. The van der Waals surface area contributed by atoms with Crippen LogP contribution in [0.25, 0.3) is 11.0 Å². The number of alkyl halides is 3. The molecule has 0 aliphatic rings. The number of ether oxygens (including phenoxy) is 1. The molecule has 174 valence electrons. The van der Waals surface area contributed by atoms with Crippen molar-refractivity contribution in [3.05, 3.63) is 88.7 Å². The van der Waals surface area contributed by atoms with Gasteiger partial charge in [0.25, 0.3) is 5.91 Å². The highest BCUT2D eigenvalue weighted by molar-refractivity contribution is 6.10. The average molecular weight is 467 g/mol. The molecule has 0 spiro atoms. The maximum absolute atomic E-state index is 13.0. The Labute approximate surface area is 192 Å². The smallest absolute Gasteiger partial charge is 0.416 e. The minimum atomic E-state index is -4.49. The van der Waals surface area contributed by atoms with E-state index in [4.69, 9.17) is 4.74 Å². The van der Waals surface area contributed by atoms with Crippen LogP contribution in [0.3, 0.4) is 0 Å². The quantitative estimate of drug-likeness (QED) is 0.363. The number of hydrogen-bond donors (Lipinski definition) is 2. The van der Waals surface area contributed by atoms with Crippen LogP contribution in [0, 0.1) is 6.92 Å². The molecule has 0 saturated heterocycles. The summed E-state index contributed by atoms with van der Waals surface area (Å²) in [7, 11) is 1.46. The lowest BCUT2D eigenvalue weighted by molar-refractivity contribution is -0.137. The summed E-state index contributed by atoms with van der Waals surface area (Å²) in [6.07, 6.45) is -1.61. The van der Waals surface area contributed by atoms with Crippen LogP contribution in [0.5, 0.6) is 5.75 Å². The number of anilines is 1. The summed E-state index contributed by atoms with van der Waals surface area (Å²) in [5, 5.41) is 3.43. The predicted molar refractivity (Wildman–Crippen MR) is 121 cm³/mol. The number of benzene rings is 2. The lowest BCUT2D eigenvalue weighted by Crippen LogP contribution is -2.15. The number of H-pyrrole nitrogens is 1. The summed E-state index contributed by atoms with van der Waals surface area (Å²) in [4.78, 5) is 32.9. The van der Waals surface area contributed by atoms with E-state index in [2.05, 4.69) is 15.3 Å². The fourth-order valence-electron chi connectivity index (χ4n) is 3.63. The Morgan fingerprint density at radius 2 is 1.91 bits per heavy atom. The number of aromatic nitrogens is 2. The second-order valence-corrected chi connectivity index (χ2v) is 7.73. The molecule has 2 N–H and O–H groups in total. The normalized spacial score (nSPS) is 11.4. The van der Waals surface area contributed by atoms with Crippen LogP contribution < -0.4 is 10.1 Å². The monoisotopic (exact) mass is 467 g/mol. The van der Waals surface area contributed by atoms with E-state index in [-0.39, 0.29) is 28.9 Å². The number of aromatic amines is 1. The molecule has 0 aliphatic heterocycles. The molecule has 0 atom stereocenters. The molecule has 0 radical (unpaired) electrons. The first-order valence-corrected chi connectivity index (χ1v) is 10.3. The van der Waals surface area contributed by atoms with E-state index in [9.17, 15) is 22.8 Å². The summed E-state index contributed by atoms with van der Waals surface area (Å²) in [5.41, 5.74) is 1.61. The van der Waals surface area contributed by atoms with Gasteiger partial charge in [-0.3, -0.25) is 9.59 Å². The van der Waals surface area contributed by atoms with Gasteiger partial charge in [-0.2, -0.15) is 13.2 Å². The molecule has 0 aliphatic carbocycles. The second-order valence-electron chi connectivity index (χ2n) is 7.73. The first kappa shape index (κ1) is 23.0. The van der Waals surface area contributed by atoms with Gasteiger partial charge >= 0.3 is 6.18 Å². The standard InChI is InChI=1S/C25H20F3N3O3/c1-14-6-7-16(21(32)11-15-4-3-5-17(10-15)25(26,27)28)12-20(14)31-24(33)19-13-30-23-18(8-9-29-23)22(19)34-2/h3-10,12-13H,11H2,1-2H3,(H,29,30)(H,31,33). The topological polar surface area (TPSA) is 84.1 Å². The lowest BCUT2D eigenvalue weighted by atomic mass is 9.99. The van der Waals surface area contributed by atoms with Gasteiger partial charge in [0.15, 0.2) is 5.78 Å². The number of carbonyl (C=O) groups excluding carboxylic acids is 2. The summed E-state index contributed by atoms with van der Waals surface area (Å²) in [5.74, 6) is -0.487. The predicted octanol–water partition coefficient (Wildman–Crippen LogP) is 5.58. The van der Waals surface area contributed by atoms with Crippen LogP contribution >= 0.6 is 0 Å². The Hall–Kier alpha value is -4.14. The van der Waals surface area contributed by atoms with Crippen molar-refractivity contribution in [3.63, 3.8) is 0 Å². The van der Waals surface area contributed by atoms with Crippen molar-refractivity contribution in [3.8, 4) is 5.75 Å². The van der Waals surface area contributed by atoms with Gasteiger partial charge in [0.2, 0.25) is 0 Å². The fourth-order valence-corrected chi connectivity index (χ4v) is 3.63. The van der Waals surface area contributed by atoms with Crippen molar-refractivity contribution in [1.29, 1.82) is 0 Å². The number of methoxy groups -OCH3 is 1. The number of ketones is 1. The van der Waals surface area contributed by atoms with Gasteiger partial charge in [0.1, 0.15) is 17.0 Å². The van der Waals surface area contributed by atoms with Crippen LogP contribution in [-0.4, -0.2) is 28.8 Å². The Morgan fingerprint density at radius 3 is 2.65 bits per heavy atom. The SMILES string of the molecule is COc1c(C(=O)Nc2cc(C(=O)Cc3cccc(C(F)(F)F)c3)ccc2C)cnc2[nH]ccc12. The molecular formula is C25H20F3N3O3. The van der Waals surface area contributed by atoms with Crippen molar-refractivity contribution >= 4 is 28.4 Å². The zero-order valence-electron chi connectivity index (χ0n) is 18.3. The molecule has 2 aromatic heterocycles. The molecule has 4 aromatic rings. The molecule has 0 bridgehead atoms.